The highest BCUT2D eigenvalue weighted by Crippen LogP contribution is 2.21. The van der Waals surface area contributed by atoms with E-state index in [4.69, 9.17) is 9.84 Å². The molecule has 0 spiro atoms. The molecular formula is C15H16N2O5. The van der Waals surface area contributed by atoms with Gasteiger partial charge in [0.1, 0.15) is 30.5 Å². The van der Waals surface area contributed by atoms with Crippen molar-refractivity contribution in [2.45, 2.75) is 30.5 Å². The number of aromatic amines is 1. The van der Waals surface area contributed by atoms with Crippen LogP contribution in [0.2, 0.25) is 0 Å². The Bertz CT molecular complexity index is 717. The molecule has 0 bridgehead atoms. The fourth-order valence-electron chi connectivity index (χ4n) is 2.44. The first kappa shape index (κ1) is 15.0. The van der Waals surface area contributed by atoms with Crippen molar-refractivity contribution < 1.29 is 25.2 Å². The molecule has 1 saturated heterocycles. The highest BCUT2D eigenvalue weighted by atomic mass is 16.5. The predicted molar refractivity (Wildman–Crippen MR) is 76.7 cm³/mol. The van der Waals surface area contributed by atoms with Crippen LogP contribution in [0.5, 0.6) is 0 Å². The van der Waals surface area contributed by atoms with Crippen molar-refractivity contribution in [3.63, 3.8) is 0 Å². The number of aliphatic hydroxyl groups excluding tert-OH is 4. The second-order valence-corrected chi connectivity index (χ2v) is 5.16. The molecule has 0 saturated carbocycles. The first-order valence-corrected chi connectivity index (χ1v) is 6.86. The van der Waals surface area contributed by atoms with Crippen LogP contribution in [0, 0.1) is 11.8 Å². The molecule has 116 valence electrons. The molecule has 1 aromatic heterocycles. The number of H-pyrrole nitrogens is 1. The van der Waals surface area contributed by atoms with Crippen LogP contribution in [0.15, 0.2) is 24.4 Å². The second kappa shape index (κ2) is 6.04. The normalized spacial score (nSPS) is 31.7. The molecule has 3 unspecified atom stereocenters. The third kappa shape index (κ3) is 2.59. The third-order valence-electron chi connectivity index (χ3n) is 3.72. The maximum absolute atomic E-state index is 9.93. The summed E-state index contributed by atoms with van der Waals surface area (Å²) in [4.78, 5) is 0. The Kier molecular flexibility index (Phi) is 4.11. The number of rotatable bonds is 1. The van der Waals surface area contributed by atoms with Gasteiger partial charge >= 0.3 is 0 Å². The van der Waals surface area contributed by atoms with Crippen LogP contribution in [-0.4, -0.2) is 67.8 Å². The van der Waals surface area contributed by atoms with E-state index in [1.54, 1.807) is 12.3 Å². The minimum atomic E-state index is -1.42. The number of benzene rings is 1. The molecule has 3 rings (SSSR count). The number of hydrogen-bond donors (Lipinski definition) is 5. The fourth-order valence-corrected chi connectivity index (χ4v) is 2.44. The zero-order valence-corrected chi connectivity index (χ0v) is 11.5. The summed E-state index contributed by atoms with van der Waals surface area (Å²) in [6.07, 6.45) is -4.45. The van der Waals surface area contributed by atoms with Crippen molar-refractivity contribution in [2.24, 2.45) is 0 Å². The summed E-state index contributed by atoms with van der Waals surface area (Å²) < 4.78 is 5.34. The zero-order valence-electron chi connectivity index (χ0n) is 11.5. The highest BCUT2D eigenvalue weighted by Gasteiger charge is 2.42. The molecule has 0 radical (unpaired) electrons. The number of nitrogens with one attached hydrogen (secondary N) is 1. The number of para-hydroxylation sites is 1. The standard InChI is InChI=1S/C15H16N2O5/c18-7-11-14(20)15(21)13(19)10(22-11)5-4-8-2-1-3-9-6-16-17-12(8)9/h1-3,6,10-11,13-15,18-21H,7H2,(H,16,17)/t10?,11?,13-,14-,15?/m1/s1. The summed E-state index contributed by atoms with van der Waals surface area (Å²) in [5.41, 5.74) is 1.44. The van der Waals surface area contributed by atoms with Gasteiger partial charge in [-0.3, -0.25) is 5.10 Å². The molecule has 1 aliphatic rings. The van der Waals surface area contributed by atoms with Crippen molar-refractivity contribution in [1.29, 1.82) is 0 Å². The van der Waals surface area contributed by atoms with E-state index in [1.807, 2.05) is 12.1 Å². The van der Waals surface area contributed by atoms with Gasteiger partial charge < -0.3 is 25.2 Å². The summed E-state index contributed by atoms with van der Waals surface area (Å²) in [5, 5.41) is 46.2. The molecule has 5 atom stereocenters. The van der Waals surface area contributed by atoms with Crippen LogP contribution in [-0.2, 0) is 4.74 Å². The van der Waals surface area contributed by atoms with Gasteiger partial charge in [0.15, 0.2) is 0 Å². The van der Waals surface area contributed by atoms with E-state index in [0.29, 0.717) is 5.56 Å². The van der Waals surface area contributed by atoms with Gasteiger partial charge in [0.2, 0.25) is 0 Å². The summed E-state index contributed by atoms with van der Waals surface area (Å²) in [6.45, 7) is -0.473. The van der Waals surface area contributed by atoms with Crippen LogP contribution in [0.1, 0.15) is 5.56 Å². The number of fused-ring (bicyclic) bond motifs is 1. The molecule has 1 aliphatic heterocycles. The topological polar surface area (TPSA) is 119 Å². The van der Waals surface area contributed by atoms with E-state index in [-0.39, 0.29) is 0 Å². The lowest BCUT2D eigenvalue weighted by Gasteiger charge is -2.37. The minimum absolute atomic E-state index is 0.473. The van der Waals surface area contributed by atoms with Gasteiger partial charge in [-0.25, -0.2) is 0 Å². The molecular weight excluding hydrogens is 288 g/mol. The maximum Gasteiger partial charge on any atom is 0.147 e. The number of aromatic nitrogens is 2. The Labute approximate surface area is 126 Å². The molecule has 7 heteroatoms. The van der Waals surface area contributed by atoms with E-state index in [2.05, 4.69) is 22.0 Å². The average molecular weight is 304 g/mol. The molecule has 0 aliphatic carbocycles. The van der Waals surface area contributed by atoms with Crippen LogP contribution < -0.4 is 0 Å². The van der Waals surface area contributed by atoms with Crippen LogP contribution in [0.3, 0.4) is 0 Å². The summed E-state index contributed by atoms with van der Waals surface area (Å²) in [6, 6.07) is 5.50. The molecule has 0 amide bonds. The summed E-state index contributed by atoms with van der Waals surface area (Å²) in [7, 11) is 0. The quantitative estimate of drug-likeness (QED) is 0.420. The van der Waals surface area contributed by atoms with E-state index < -0.39 is 37.1 Å². The number of nitrogens with zero attached hydrogens (tertiary/aromatic N) is 1. The molecule has 2 heterocycles. The lowest BCUT2D eigenvalue weighted by atomic mass is 9.95. The maximum atomic E-state index is 9.93. The Morgan fingerprint density at radius 2 is 2.00 bits per heavy atom. The van der Waals surface area contributed by atoms with Gasteiger partial charge in [0.05, 0.1) is 23.9 Å². The van der Waals surface area contributed by atoms with Gasteiger partial charge in [-0.2, -0.15) is 5.10 Å². The fraction of sp³-hybridized carbons (Fsp3) is 0.400. The summed E-state index contributed by atoms with van der Waals surface area (Å²) >= 11 is 0. The molecule has 1 fully saturated rings. The second-order valence-electron chi connectivity index (χ2n) is 5.16. The van der Waals surface area contributed by atoms with Crippen molar-refractivity contribution in [3.05, 3.63) is 30.0 Å². The van der Waals surface area contributed by atoms with E-state index in [1.165, 1.54) is 0 Å². The van der Waals surface area contributed by atoms with Crippen LogP contribution in [0.25, 0.3) is 10.9 Å². The summed E-state index contributed by atoms with van der Waals surface area (Å²) in [5.74, 6) is 5.61. The van der Waals surface area contributed by atoms with Crippen LogP contribution in [0.4, 0.5) is 0 Å². The van der Waals surface area contributed by atoms with Gasteiger partial charge in [-0.1, -0.05) is 24.0 Å². The van der Waals surface area contributed by atoms with E-state index in [9.17, 15) is 15.3 Å². The Balaban J connectivity index is 1.88. The Morgan fingerprint density at radius 1 is 1.18 bits per heavy atom. The number of aliphatic hydroxyl groups is 4. The average Bonchev–Trinajstić information content (AvgIpc) is 3.01. The highest BCUT2D eigenvalue weighted by molar-refractivity contribution is 5.83. The van der Waals surface area contributed by atoms with E-state index >= 15 is 0 Å². The Morgan fingerprint density at radius 3 is 2.77 bits per heavy atom. The predicted octanol–water partition coefficient (Wildman–Crippen LogP) is -1.24. The lowest BCUT2D eigenvalue weighted by Crippen LogP contribution is -2.58. The van der Waals surface area contributed by atoms with E-state index in [0.717, 1.165) is 10.9 Å². The largest absolute Gasteiger partial charge is 0.394 e. The van der Waals surface area contributed by atoms with Crippen molar-refractivity contribution in [1.82, 2.24) is 10.2 Å². The SMILES string of the molecule is OCC1OC(C#Cc2cccc3cn[nH]c23)[C@@H](O)C(O)[C@@H]1O. The number of ether oxygens (including phenoxy) is 1. The lowest BCUT2D eigenvalue weighted by molar-refractivity contribution is -0.214. The smallest absolute Gasteiger partial charge is 0.147 e. The van der Waals surface area contributed by atoms with Gasteiger partial charge in [0.25, 0.3) is 0 Å². The van der Waals surface area contributed by atoms with Gasteiger partial charge in [-0.05, 0) is 6.07 Å². The molecule has 7 nitrogen and oxygen atoms in total. The van der Waals surface area contributed by atoms with Crippen molar-refractivity contribution >= 4 is 10.9 Å². The first-order valence-electron chi connectivity index (χ1n) is 6.86. The van der Waals surface area contributed by atoms with Gasteiger partial charge in [-0.15, -0.1) is 0 Å². The van der Waals surface area contributed by atoms with Crippen molar-refractivity contribution in [3.8, 4) is 11.8 Å². The Hall–Kier alpha value is -1.95. The molecule has 2 aromatic rings. The van der Waals surface area contributed by atoms with Crippen LogP contribution >= 0.6 is 0 Å². The van der Waals surface area contributed by atoms with Gasteiger partial charge in [0, 0.05) is 5.39 Å². The first-order chi connectivity index (χ1) is 10.6. The van der Waals surface area contributed by atoms with Crippen molar-refractivity contribution in [2.75, 3.05) is 6.61 Å². The zero-order chi connectivity index (χ0) is 15.7. The molecule has 1 aromatic carbocycles. The number of hydrogen-bond acceptors (Lipinski definition) is 6. The minimum Gasteiger partial charge on any atom is -0.394 e. The third-order valence-corrected chi connectivity index (χ3v) is 3.72. The molecule has 5 N–H and O–H groups in total. The molecule has 22 heavy (non-hydrogen) atoms. The monoisotopic (exact) mass is 304 g/mol.